The number of unbranched alkanes of at least 4 members (excludes halogenated alkanes) is 1. The molecule has 0 aromatic heterocycles. The summed E-state index contributed by atoms with van der Waals surface area (Å²) in [4.78, 5) is 9.55. The van der Waals surface area contributed by atoms with Crippen LogP contribution in [0.1, 0.15) is 33.6 Å². The van der Waals surface area contributed by atoms with E-state index in [1.54, 1.807) is 0 Å². The first kappa shape index (κ1) is 22.7. The van der Waals surface area contributed by atoms with Gasteiger partial charge in [0.15, 0.2) is 5.96 Å². The largest absolute Gasteiger partial charge is 0.379 e. The van der Waals surface area contributed by atoms with Crippen molar-refractivity contribution in [1.82, 2.24) is 15.1 Å². The Labute approximate surface area is 159 Å². The molecule has 0 unspecified atom stereocenters. The summed E-state index contributed by atoms with van der Waals surface area (Å²) in [5.74, 6) is 0.993. The van der Waals surface area contributed by atoms with E-state index in [2.05, 4.69) is 49.5 Å². The Kier molecular flexibility index (Phi) is 11.9. The van der Waals surface area contributed by atoms with Gasteiger partial charge in [-0.25, -0.2) is 0 Å². The highest BCUT2D eigenvalue weighted by Gasteiger charge is 2.28. The van der Waals surface area contributed by atoms with E-state index < -0.39 is 0 Å². The molecule has 0 aromatic rings. The van der Waals surface area contributed by atoms with Crippen LogP contribution in [0.3, 0.4) is 0 Å². The van der Waals surface area contributed by atoms with E-state index in [4.69, 9.17) is 9.73 Å². The molecule has 136 valence electrons. The summed E-state index contributed by atoms with van der Waals surface area (Å²) < 4.78 is 5.45. The van der Waals surface area contributed by atoms with Gasteiger partial charge < -0.3 is 15.0 Å². The van der Waals surface area contributed by atoms with Crippen molar-refractivity contribution < 1.29 is 4.74 Å². The maximum atomic E-state index is 5.45. The maximum absolute atomic E-state index is 5.45. The van der Waals surface area contributed by atoms with Gasteiger partial charge in [0.2, 0.25) is 0 Å². The van der Waals surface area contributed by atoms with Crippen molar-refractivity contribution >= 4 is 29.9 Å². The maximum Gasteiger partial charge on any atom is 0.193 e. The van der Waals surface area contributed by atoms with E-state index in [-0.39, 0.29) is 29.5 Å². The zero-order valence-corrected chi connectivity index (χ0v) is 17.6. The number of rotatable bonds is 8. The molecule has 0 amide bonds. The summed E-state index contributed by atoms with van der Waals surface area (Å²) >= 11 is 0. The molecule has 0 saturated carbocycles. The molecular formula is C17H35IN4O. The lowest BCUT2D eigenvalue weighted by atomic mass is 10.0. The molecule has 0 bridgehead atoms. The van der Waals surface area contributed by atoms with Crippen LogP contribution < -0.4 is 5.32 Å². The van der Waals surface area contributed by atoms with E-state index in [0.29, 0.717) is 0 Å². The number of ether oxygens (including phenoxy) is 1. The average molecular weight is 438 g/mol. The average Bonchev–Trinajstić information content (AvgIpc) is 2.52. The normalized spacial score (nSPS) is 16.6. The second kappa shape index (κ2) is 12.1. The number of aliphatic imine (C=N–C) groups is 1. The SMILES string of the molecule is C=CCCCN(C)C(=NCC(C)(C)N1CCOCC1)NCC.I. The molecule has 6 heteroatoms. The Balaban J connectivity index is 0.00000484. The lowest BCUT2D eigenvalue weighted by Crippen LogP contribution is -2.52. The van der Waals surface area contributed by atoms with Crippen LogP contribution in [0.25, 0.3) is 0 Å². The minimum absolute atomic E-state index is 0. The van der Waals surface area contributed by atoms with E-state index in [1.165, 1.54) is 0 Å². The highest BCUT2D eigenvalue weighted by Crippen LogP contribution is 2.16. The molecule has 0 atom stereocenters. The van der Waals surface area contributed by atoms with Gasteiger partial charge in [0, 0.05) is 38.8 Å². The van der Waals surface area contributed by atoms with Crippen LogP contribution in [0.5, 0.6) is 0 Å². The molecule has 1 rings (SSSR count). The van der Waals surface area contributed by atoms with Crippen molar-refractivity contribution in [2.45, 2.75) is 39.2 Å². The van der Waals surface area contributed by atoms with Crippen LogP contribution in [-0.2, 0) is 4.74 Å². The van der Waals surface area contributed by atoms with Crippen molar-refractivity contribution in [2.24, 2.45) is 4.99 Å². The van der Waals surface area contributed by atoms with Gasteiger partial charge in [0.25, 0.3) is 0 Å². The van der Waals surface area contributed by atoms with Crippen molar-refractivity contribution in [3.05, 3.63) is 12.7 Å². The van der Waals surface area contributed by atoms with E-state index in [9.17, 15) is 0 Å². The third-order valence-electron chi connectivity index (χ3n) is 4.08. The third kappa shape index (κ3) is 8.35. The van der Waals surface area contributed by atoms with Crippen molar-refractivity contribution in [3.8, 4) is 0 Å². The van der Waals surface area contributed by atoms with Crippen LogP contribution in [0.4, 0.5) is 0 Å². The molecule has 0 aromatic carbocycles. The number of halogens is 1. The fourth-order valence-corrected chi connectivity index (χ4v) is 2.59. The van der Waals surface area contributed by atoms with E-state index in [1.807, 2.05) is 6.08 Å². The van der Waals surface area contributed by atoms with Crippen LogP contribution in [0, 0.1) is 0 Å². The van der Waals surface area contributed by atoms with Gasteiger partial charge in [0.1, 0.15) is 0 Å². The van der Waals surface area contributed by atoms with E-state index in [0.717, 1.165) is 64.7 Å². The van der Waals surface area contributed by atoms with E-state index >= 15 is 0 Å². The van der Waals surface area contributed by atoms with Crippen LogP contribution in [0.2, 0.25) is 0 Å². The van der Waals surface area contributed by atoms with Crippen LogP contribution in [0.15, 0.2) is 17.6 Å². The smallest absolute Gasteiger partial charge is 0.193 e. The molecule has 1 fully saturated rings. The summed E-state index contributed by atoms with van der Waals surface area (Å²) in [5.41, 5.74) is 0.0619. The summed E-state index contributed by atoms with van der Waals surface area (Å²) in [6.07, 6.45) is 4.12. The van der Waals surface area contributed by atoms with Crippen LogP contribution >= 0.6 is 24.0 Å². The number of morpholine rings is 1. The summed E-state index contributed by atoms with van der Waals surface area (Å²) in [7, 11) is 2.10. The van der Waals surface area contributed by atoms with Gasteiger partial charge in [-0.15, -0.1) is 30.6 Å². The van der Waals surface area contributed by atoms with Crippen molar-refractivity contribution in [1.29, 1.82) is 0 Å². The number of hydrogen-bond donors (Lipinski definition) is 1. The third-order valence-corrected chi connectivity index (χ3v) is 4.08. The molecule has 1 heterocycles. The lowest BCUT2D eigenvalue weighted by Gasteiger charge is -2.40. The number of allylic oxidation sites excluding steroid dienone is 1. The summed E-state index contributed by atoms with van der Waals surface area (Å²) in [6.45, 7) is 16.7. The number of hydrogen-bond acceptors (Lipinski definition) is 3. The molecule has 23 heavy (non-hydrogen) atoms. The van der Waals surface area contributed by atoms with Crippen molar-refractivity contribution in [3.63, 3.8) is 0 Å². The lowest BCUT2D eigenvalue weighted by molar-refractivity contribution is -0.00688. The Morgan fingerprint density at radius 3 is 2.61 bits per heavy atom. The molecular weight excluding hydrogens is 403 g/mol. The Morgan fingerprint density at radius 2 is 2.04 bits per heavy atom. The zero-order valence-electron chi connectivity index (χ0n) is 15.3. The monoisotopic (exact) mass is 438 g/mol. The fourth-order valence-electron chi connectivity index (χ4n) is 2.59. The molecule has 0 spiro atoms. The first-order chi connectivity index (χ1) is 10.5. The highest BCUT2D eigenvalue weighted by atomic mass is 127. The minimum Gasteiger partial charge on any atom is -0.379 e. The van der Waals surface area contributed by atoms with Crippen molar-refractivity contribution in [2.75, 3.05) is 53.0 Å². The predicted molar refractivity (Wildman–Crippen MR) is 110 cm³/mol. The number of nitrogens with one attached hydrogen (secondary N) is 1. The molecule has 0 radical (unpaired) electrons. The molecule has 1 N–H and O–H groups in total. The predicted octanol–water partition coefficient (Wildman–Crippen LogP) is 2.58. The molecule has 0 aliphatic carbocycles. The molecule has 1 aliphatic rings. The Bertz CT molecular complexity index is 355. The number of guanidine groups is 1. The fraction of sp³-hybridized carbons (Fsp3) is 0.824. The minimum atomic E-state index is 0. The summed E-state index contributed by atoms with van der Waals surface area (Å²) in [5, 5.41) is 3.39. The highest BCUT2D eigenvalue weighted by molar-refractivity contribution is 14.0. The van der Waals surface area contributed by atoms with Gasteiger partial charge in [-0.1, -0.05) is 6.08 Å². The second-order valence-corrected chi connectivity index (χ2v) is 6.43. The molecule has 5 nitrogen and oxygen atoms in total. The van der Waals surface area contributed by atoms with Gasteiger partial charge in [-0.3, -0.25) is 9.89 Å². The standard InChI is InChI=1S/C17H34N4O.HI/c1-6-8-9-10-20(5)16(18-7-2)19-15-17(3,4)21-11-13-22-14-12-21;/h6H,1,7-15H2,2-5H3,(H,18,19);1H. The van der Waals surface area contributed by atoms with Gasteiger partial charge >= 0.3 is 0 Å². The Morgan fingerprint density at radius 1 is 1.39 bits per heavy atom. The first-order valence-corrected chi connectivity index (χ1v) is 8.44. The van der Waals surface area contributed by atoms with Gasteiger partial charge in [-0.05, 0) is 33.6 Å². The first-order valence-electron chi connectivity index (χ1n) is 8.44. The Hall–Kier alpha value is -0.340. The topological polar surface area (TPSA) is 40.1 Å². The number of nitrogens with zero attached hydrogens (tertiary/aromatic N) is 3. The van der Waals surface area contributed by atoms with Gasteiger partial charge in [0.05, 0.1) is 19.8 Å². The quantitative estimate of drug-likeness (QED) is 0.208. The molecule has 1 aliphatic heterocycles. The second-order valence-electron chi connectivity index (χ2n) is 6.43. The zero-order chi connectivity index (χ0) is 16.4. The molecule has 1 saturated heterocycles. The van der Waals surface area contributed by atoms with Gasteiger partial charge in [-0.2, -0.15) is 0 Å². The summed E-state index contributed by atoms with van der Waals surface area (Å²) in [6, 6.07) is 0. The van der Waals surface area contributed by atoms with Crippen LogP contribution in [-0.4, -0.2) is 74.3 Å².